The molecule has 12 N–H and O–H groups in total. The Morgan fingerprint density at radius 2 is 0.300 bits per heavy atom. The third-order valence-corrected chi connectivity index (χ3v) is 0. The summed E-state index contributed by atoms with van der Waals surface area (Å²) in [5.74, 6) is 0. The van der Waals surface area contributed by atoms with E-state index in [2.05, 4.69) is 0 Å². The van der Waals surface area contributed by atoms with Gasteiger partial charge in [0.2, 0.25) is 0 Å². The predicted octanol–water partition coefficient (Wildman–Crippen LogP) is -4.69. The fraction of sp³-hybridized carbons (Fsp3) is 0. The normalized spacial score (nSPS) is 0. The molecule has 0 unspecified atom stereocenters. The van der Waals surface area contributed by atoms with Crippen LogP contribution in [0.1, 0.15) is 0 Å². The summed E-state index contributed by atoms with van der Waals surface area (Å²) in [7, 11) is 0. The van der Waals surface area contributed by atoms with E-state index in [1.807, 2.05) is 0 Å². The number of halogens is 3. The fourth-order valence-electron chi connectivity index (χ4n) is 0. The second kappa shape index (κ2) is 655. The molecule has 0 rings (SSSR count). The van der Waals surface area contributed by atoms with Crippen molar-refractivity contribution in [2.45, 2.75) is 0 Å². The maximum atomic E-state index is 0. The Morgan fingerprint density at radius 3 is 0.300 bits per heavy atom. The summed E-state index contributed by atoms with van der Waals surface area (Å²) < 4.78 is 0. The van der Waals surface area contributed by atoms with Crippen molar-refractivity contribution in [1.82, 2.24) is 0 Å². The van der Waals surface area contributed by atoms with Crippen molar-refractivity contribution in [3.63, 3.8) is 0 Å². The van der Waals surface area contributed by atoms with Gasteiger partial charge < -0.3 is 74.1 Å². The van der Waals surface area contributed by atoms with Gasteiger partial charge in [-0.15, -0.1) is 0 Å². The van der Waals surface area contributed by atoms with Gasteiger partial charge in [0.25, 0.3) is 0 Å². The van der Waals surface area contributed by atoms with Crippen molar-refractivity contribution in [3.05, 3.63) is 36.9 Å². The van der Waals surface area contributed by atoms with Crippen LogP contribution in [-0.2, 0) is 16.8 Å². The molecule has 0 aliphatic rings. The third kappa shape index (κ3) is 468. The quantitative estimate of drug-likeness (QED) is 0.403. The molecule has 0 heterocycles. The van der Waals surface area contributed by atoms with Crippen molar-refractivity contribution in [2.75, 3.05) is 0 Å². The SMILES string of the molecule is [Cl-].[Cl-].[Cl-].[Co+3].[NH2-].[NH2-].[NH2-].[NH2-].[NH2-].[NH2-]. The van der Waals surface area contributed by atoms with Gasteiger partial charge in [0.15, 0.2) is 0 Å². The van der Waals surface area contributed by atoms with E-state index in [1.165, 1.54) is 0 Å². The van der Waals surface area contributed by atoms with Gasteiger partial charge in [-0.2, -0.15) is 0 Å². The molecule has 0 amide bonds. The van der Waals surface area contributed by atoms with Crippen LogP contribution in [-0.4, -0.2) is 0 Å². The van der Waals surface area contributed by atoms with E-state index < -0.39 is 0 Å². The Hall–Kier alpha value is 1.14. The van der Waals surface area contributed by atoms with Crippen molar-refractivity contribution in [3.8, 4) is 0 Å². The first-order chi connectivity index (χ1) is 0. The van der Waals surface area contributed by atoms with E-state index in [1.54, 1.807) is 0 Å². The Kier molecular flexibility index (Phi) is 58000. The molecule has 0 aliphatic heterocycles. The van der Waals surface area contributed by atoms with Crippen LogP contribution in [0.2, 0.25) is 0 Å². The van der Waals surface area contributed by atoms with Gasteiger partial charge in [-0.1, -0.05) is 0 Å². The Labute approximate surface area is 91.0 Å². The molecule has 10 heteroatoms. The van der Waals surface area contributed by atoms with Crippen LogP contribution >= 0.6 is 0 Å². The Balaban J connectivity index is 0. The summed E-state index contributed by atoms with van der Waals surface area (Å²) in [6.45, 7) is 0. The van der Waals surface area contributed by atoms with Crippen LogP contribution in [0.5, 0.6) is 0 Å². The van der Waals surface area contributed by atoms with Crippen molar-refractivity contribution in [2.24, 2.45) is 0 Å². The fourth-order valence-corrected chi connectivity index (χ4v) is 0. The van der Waals surface area contributed by atoms with Crippen LogP contribution in [0.4, 0.5) is 0 Å². The summed E-state index contributed by atoms with van der Waals surface area (Å²) in [6, 6.07) is 0. The monoisotopic (exact) mass is 260 g/mol. The van der Waals surface area contributed by atoms with E-state index >= 15 is 0 Å². The zero-order chi connectivity index (χ0) is 0. The van der Waals surface area contributed by atoms with Gasteiger partial charge in [-0.3, -0.25) is 0 Å². The number of nitrogens with two attached hydrogens (primary N) is 6. The average molecular weight is 261 g/mol. The molecule has 0 atom stereocenters. The molecule has 0 saturated carbocycles. The number of hydrogen-bond acceptors (Lipinski definition) is 0. The van der Waals surface area contributed by atoms with E-state index in [4.69, 9.17) is 0 Å². The molecule has 78 valence electrons. The van der Waals surface area contributed by atoms with Crippen LogP contribution in [0, 0.1) is 0 Å². The molecule has 0 fully saturated rings. The van der Waals surface area contributed by atoms with E-state index in [0.29, 0.717) is 0 Å². The molecule has 0 spiro atoms. The first-order valence-corrected chi connectivity index (χ1v) is 0. The maximum Gasteiger partial charge on any atom is 3.00 e. The van der Waals surface area contributed by atoms with Gasteiger partial charge in [0.05, 0.1) is 0 Å². The minimum absolute atomic E-state index is 0. The van der Waals surface area contributed by atoms with E-state index in [0.717, 1.165) is 0 Å². The predicted molar refractivity (Wildman–Crippen MR) is 31.7 cm³/mol. The molecule has 10 heavy (non-hydrogen) atoms. The molecule has 0 saturated heterocycles. The number of hydrogen-bond donors (Lipinski definition) is 0. The second-order valence-corrected chi connectivity index (χ2v) is 0. The topological polar surface area (TPSA) is 201 Å². The molecule has 0 aliphatic carbocycles. The molecule has 0 bridgehead atoms. The van der Waals surface area contributed by atoms with Crippen LogP contribution < -0.4 is 37.2 Å². The van der Waals surface area contributed by atoms with Crippen molar-refractivity contribution < 1.29 is 54.0 Å². The maximum absolute atomic E-state index is 0. The van der Waals surface area contributed by atoms with Gasteiger partial charge in [-0.25, -0.2) is 0 Å². The third-order valence-electron chi connectivity index (χ3n) is 0. The Morgan fingerprint density at radius 1 is 0.300 bits per heavy atom. The molecule has 0 aromatic heterocycles. The number of rotatable bonds is 0. The smallest absolute Gasteiger partial charge is 1.00 e. The summed E-state index contributed by atoms with van der Waals surface area (Å²) >= 11 is 0. The van der Waals surface area contributed by atoms with Gasteiger partial charge in [0.1, 0.15) is 0 Å². The minimum atomic E-state index is 0. The average Bonchev–Trinajstić information content (AvgIpc) is 0. The van der Waals surface area contributed by atoms with Crippen molar-refractivity contribution in [1.29, 1.82) is 0 Å². The molecule has 0 aromatic carbocycles. The van der Waals surface area contributed by atoms with Gasteiger partial charge in [-0.05, 0) is 0 Å². The zero-order valence-electron chi connectivity index (χ0n) is 4.93. The summed E-state index contributed by atoms with van der Waals surface area (Å²) in [5, 5.41) is 0. The van der Waals surface area contributed by atoms with Gasteiger partial charge in [0, 0.05) is 0 Å². The molecule has 0 aromatic rings. The zero-order valence-corrected chi connectivity index (χ0v) is 8.24. The van der Waals surface area contributed by atoms with E-state index in [9.17, 15) is 0 Å². The largest absolute Gasteiger partial charge is 3.00 e. The molecule has 0 radical (unpaired) electrons. The van der Waals surface area contributed by atoms with Gasteiger partial charge >= 0.3 is 16.8 Å². The Bertz CT molecular complexity index is 13.0. The van der Waals surface area contributed by atoms with E-state index in [-0.39, 0.29) is 90.9 Å². The summed E-state index contributed by atoms with van der Waals surface area (Å²) in [6.07, 6.45) is 0. The van der Waals surface area contributed by atoms with Crippen LogP contribution in [0.25, 0.3) is 36.9 Å². The summed E-state index contributed by atoms with van der Waals surface area (Å²) in [4.78, 5) is 0. The first-order valence-electron chi connectivity index (χ1n) is 0. The van der Waals surface area contributed by atoms with Crippen LogP contribution in [0.15, 0.2) is 0 Å². The van der Waals surface area contributed by atoms with Crippen LogP contribution in [0.3, 0.4) is 0 Å². The molecular formula is H12Cl3CoN6-6. The first kappa shape index (κ1) is 886. The minimum Gasteiger partial charge on any atom is -1.00 e. The standard InChI is InChI=1S/3ClH.Co.6H2N/h3*1H;;6*1H2/q;;;+3;6*-1/p-3. The molecular weight excluding hydrogens is 249 g/mol. The summed E-state index contributed by atoms with van der Waals surface area (Å²) in [5.41, 5.74) is 0. The molecule has 6 nitrogen and oxygen atoms in total. The van der Waals surface area contributed by atoms with Crippen molar-refractivity contribution >= 4 is 0 Å². The second-order valence-electron chi connectivity index (χ2n) is 0.